The third-order valence-electron chi connectivity index (χ3n) is 3.44. The topological polar surface area (TPSA) is 74.6 Å². The van der Waals surface area contributed by atoms with Gasteiger partial charge in [0.1, 0.15) is 0 Å². The van der Waals surface area contributed by atoms with E-state index in [0.29, 0.717) is 25.1 Å². The molecule has 0 aromatic heterocycles. The third-order valence-corrected chi connectivity index (χ3v) is 4.55. The Labute approximate surface area is 141 Å². The van der Waals surface area contributed by atoms with Crippen molar-refractivity contribution < 1.29 is 19.8 Å². The highest BCUT2D eigenvalue weighted by Crippen LogP contribution is 2.36. The Morgan fingerprint density at radius 2 is 1.59 bits per heavy atom. The van der Waals surface area contributed by atoms with Gasteiger partial charge in [-0.15, -0.1) is 0 Å². The molecule has 0 radical (unpaired) electrons. The van der Waals surface area contributed by atoms with Crippen molar-refractivity contribution in [2.75, 3.05) is 0 Å². The predicted octanol–water partition coefficient (Wildman–Crippen LogP) is 4.91. The highest BCUT2D eigenvalue weighted by molar-refractivity contribution is 9.11. The molecule has 22 heavy (non-hydrogen) atoms. The van der Waals surface area contributed by atoms with Crippen LogP contribution in [0.1, 0.15) is 20.7 Å². The predicted molar refractivity (Wildman–Crippen MR) is 90.8 cm³/mol. The average Bonchev–Trinajstić information content (AvgIpc) is 2.45. The lowest BCUT2D eigenvalue weighted by molar-refractivity contribution is 0.0687. The van der Waals surface area contributed by atoms with Crippen molar-refractivity contribution in [2.45, 2.75) is 0 Å². The van der Waals surface area contributed by atoms with Crippen LogP contribution in [0.25, 0.3) is 21.5 Å². The second-order valence-corrected chi connectivity index (χ2v) is 6.55. The fourth-order valence-electron chi connectivity index (χ4n) is 2.52. The van der Waals surface area contributed by atoms with E-state index in [1.165, 1.54) is 12.1 Å². The molecular formula is C16H8Br2O4. The summed E-state index contributed by atoms with van der Waals surface area (Å²) in [4.78, 5) is 22.7. The molecule has 3 rings (SSSR count). The standard InChI is InChI=1S/C16H8Br2O4/c17-9-3-8-5-13(18)11-4-7(15(19)20)1-2-10(11)14(8)12(6-9)16(21)22/h1-6H,(H,19,20)(H,21,22). The van der Waals surface area contributed by atoms with Crippen LogP contribution in [0.3, 0.4) is 0 Å². The molecule has 3 aromatic rings. The highest BCUT2D eigenvalue weighted by Gasteiger charge is 2.16. The molecule has 110 valence electrons. The Balaban J connectivity index is 2.54. The van der Waals surface area contributed by atoms with Gasteiger partial charge >= 0.3 is 11.9 Å². The van der Waals surface area contributed by atoms with E-state index in [2.05, 4.69) is 31.9 Å². The average molecular weight is 424 g/mol. The van der Waals surface area contributed by atoms with Crippen molar-refractivity contribution in [1.29, 1.82) is 0 Å². The second-order valence-electron chi connectivity index (χ2n) is 4.78. The number of rotatable bonds is 2. The van der Waals surface area contributed by atoms with Crippen molar-refractivity contribution in [1.82, 2.24) is 0 Å². The lowest BCUT2D eigenvalue weighted by Gasteiger charge is -2.11. The number of carboxylic acid groups (broad SMARTS) is 2. The first kappa shape index (κ1) is 15.0. The highest BCUT2D eigenvalue weighted by atomic mass is 79.9. The maximum Gasteiger partial charge on any atom is 0.336 e. The molecule has 4 nitrogen and oxygen atoms in total. The molecule has 0 atom stereocenters. The summed E-state index contributed by atoms with van der Waals surface area (Å²) in [6.45, 7) is 0. The summed E-state index contributed by atoms with van der Waals surface area (Å²) in [5, 5.41) is 21.3. The summed E-state index contributed by atoms with van der Waals surface area (Å²) in [6, 6.07) is 9.83. The number of carboxylic acids is 2. The van der Waals surface area contributed by atoms with E-state index in [0.717, 1.165) is 5.39 Å². The first-order valence-electron chi connectivity index (χ1n) is 6.20. The van der Waals surface area contributed by atoms with Gasteiger partial charge in [0, 0.05) is 14.3 Å². The number of aromatic carboxylic acids is 2. The molecule has 0 saturated carbocycles. The van der Waals surface area contributed by atoms with Crippen LogP contribution >= 0.6 is 31.9 Å². The lowest BCUT2D eigenvalue weighted by Crippen LogP contribution is -2.00. The van der Waals surface area contributed by atoms with E-state index in [4.69, 9.17) is 5.11 Å². The summed E-state index contributed by atoms with van der Waals surface area (Å²) >= 11 is 6.75. The molecule has 6 heteroatoms. The van der Waals surface area contributed by atoms with Crippen LogP contribution in [-0.2, 0) is 0 Å². The first-order chi connectivity index (χ1) is 10.4. The summed E-state index contributed by atoms with van der Waals surface area (Å²) in [7, 11) is 0. The third kappa shape index (κ3) is 2.38. The summed E-state index contributed by atoms with van der Waals surface area (Å²) < 4.78 is 1.39. The first-order valence-corrected chi connectivity index (χ1v) is 7.79. The van der Waals surface area contributed by atoms with Crippen LogP contribution in [-0.4, -0.2) is 22.2 Å². The van der Waals surface area contributed by atoms with Gasteiger partial charge in [-0.1, -0.05) is 37.9 Å². The second kappa shape index (κ2) is 5.37. The van der Waals surface area contributed by atoms with Crippen molar-refractivity contribution in [3.63, 3.8) is 0 Å². The molecule has 2 N–H and O–H groups in total. The zero-order valence-electron chi connectivity index (χ0n) is 10.9. The van der Waals surface area contributed by atoms with Crippen molar-refractivity contribution in [3.8, 4) is 0 Å². The minimum absolute atomic E-state index is 0.154. The Kier molecular flexibility index (Phi) is 3.66. The SMILES string of the molecule is O=C(O)c1ccc2c(c1)c(Br)cc1cc(Br)cc(C(=O)O)c12. The van der Waals surface area contributed by atoms with Gasteiger partial charge in [-0.05, 0) is 46.5 Å². The summed E-state index contributed by atoms with van der Waals surface area (Å²) in [5.41, 5.74) is 0.325. The molecule has 0 saturated heterocycles. The molecule has 0 bridgehead atoms. The van der Waals surface area contributed by atoms with Crippen molar-refractivity contribution in [2.24, 2.45) is 0 Å². The van der Waals surface area contributed by atoms with E-state index in [1.807, 2.05) is 6.07 Å². The van der Waals surface area contributed by atoms with Gasteiger partial charge in [0.05, 0.1) is 11.1 Å². The molecule has 0 aliphatic carbocycles. The van der Waals surface area contributed by atoms with Crippen molar-refractivity contribution in [3.05, 3.63) is 56.5 Å². The Morgan fingerprint density at radius 1 is 0.864 bits per heavy atom. The molecule has 3 aromatic carbocycles. The molecule has 0 spiro atoms. The van der Waals surface area contributed by atoms with Gasteiger partial charge in [-0.2, -0.15) is 0 Å². The Bertz CT molecular complexity index is 963. The van der Waals surface area contributed by atoms with Crippen LogP contribution in [0.4, 0.5) is 0 Å². The number of hydrogen-bond acceptors (Lipinski definition) is 2. The molecule has 0 unspecified atom stereocenters. The lowest BCUT2D eigenvalue weighted by atomic mass is 9.96. The van der Waals surface area contributed by atoms with Crippen LogP contribution < -0.4 is 0 Å². The normalized spacial score (nSPS) is 11.0. The van der Waals surface area contributed by atoms with Crippen LogP contribution in [0.2, 0.25) is 0 Å². The fraction of sp³-hybridized carbons (Fsp3) is 0. The maximum atomic E-state index is 11.5. The minimum atomic E-state index is -1.03. The zero-order chi connectivity index (χ0) is 16.0. The minimum Gasteiger partial charge on any atom is -0.478 e. The quantitative estimate of drug-likeness (QED) is 0.574. The summed E-state index contributed by atoms with van der Waals surface area (Å²) in [5.74, 6) is -2.06. The van der Waals surface area contributed by atoms with Crippen LogP contribution in [0.15, 0.2) is 45.3 Å². The number of fused-ring (bicyclic) bond motifs is 3. The van der Waals surface area contributed by atoms with Gasteiger partial charge in [-0.25, -0.2) is 9.59 Å². The zero-order valence-corrected chi connectivity index (χ0v) is 14.1. The van der Waals surface area contributed by atoms with Crippen LogP contribution in [0.5, 0.6) is 0 Å². The van der Waals surface area contributed by atoms with Gasteiger partial charge < -0.3 is 10.2 Å². The Morgan fingerprint density at radius 3 is 2.23 bits per heavy atom. The van der Waals surface area contributed by atoms with E-state index in [1.54, 1.807) is 18.2 Å². The number of benzene rings is 3. The van der Waals surface area contributed by atoms with Gasteiger partial charge in [-0.3, -0.25) is 0 Å². The largest absolute Gasteiger partial charge is 0.478 e. The van der Waals surface area contributed by atoms with Crippen LogP contribution in [0, 0.1) is 0 Å². The smallest absolute Gasteiger partial charge is 0.336 e. The molecule has 0 amide bonds. The molecule has 0 aliphatic rings. The Hall–Kier alpha value is -1.92. The fourth-order valence-corrected chi connectivity index (χ4v) is 3.57. The van der Waals surface area contributed by atoms with E-state index in [-0.39, 0.29) is 11.1 Å². The van der Waals surface area contributed by atoms with E-state index < -0.39 is 11.9 Å². The van der Waals surface area contributed by atoms with E-state index in [9.17, 15) is 14.7 Å². The van der Waals surface area contributed by atoms with E-state index >= 15 is 0 Å². The number of hydrogen-bond donors (Lipinski definition) is 2. The van der Waals surface area contributed by atoms with Gasteiger partial charge in [0.15, 0.2) is 0 Å². The van der Waals surface area contributed by atoms with Gasteiger partial charge in [0.25, 0.3) is 0 Å². The van der Waals surface area contributed by atoms with Crippen molar-refractivity contribution >= 4 is 65.3 Å². The number of halogens is 2. The summed E-state index contributed by atoms with van der Waals surface area (Å²) in [6.07, 6.45) is 0. The maximum absolute atomic E-state index is 11.5. The number of carbonyl (C=O) groups is 2. The molecule has 0 aliphatic heterocycles. The van der Waals surface area contributed by atoms with Gasteiger partial charge in [0.2, 0.25) is 0 Å². The molecule has 0 fully saturated rings. The monoisotopic (exact) mass is 422 g/mol. The molecule has 0 heterocycles. The molecular weight excluding hydrogens is 416 g/mol.